The maximum atomic E-state index is 10.6. The lowest BCUT2D eigenvalue weighted by Crippen LogP contribution is -2.51. The molecular formula is C24H39N3O. The zero-order valence-electron chi connectivity index (χ0n) is 18.1. The van der Waals surface area contributed by atoms with Gasteiger partial charge in [0.15, 0.2) is 0 Å². The Morgan fingerprint density at radius 3 is 2.64 bits per heavy atom. The average Bonchev–Trinajstić information content (AvgIpc) is 3.27. The van der Waals surface area contributed by atoms with Crippen molar-refractivity contribution in [3.05, 3.63) is 12.4 Å². The summed E-state index contributed by atoms with van der Waals surface area (Å²) in [6.07, 6.45) is 15.7. The monoisotopic (exact) mass is 385 g/mol. The second-order valence-electron chi connectivity index (χ2n) is 11.5. The van der Waals surface area contributed by atoms with Crippen LogP contribution in [0.5, 0.6) is 0 Å². The quantitative estimate of drug-likeness (QED) is 0.802. The van der Waals surface area contributed by atoms with E-state index < -0.39 is 5.60 Å². The van der Waals surface area contributed by atoms with Crippen LogP contribution < -0.4 is 0 Å². The van der Waals surface area contributed by atoms with E-state index in [9.17, 15) is 5.11 Å². The smallest absolute Gasteiger partial charge is 0.0692 e. The summed E-state index contributed by atoms with van der Waals surface area (Å²) in [5, 5.41) is 18.8. The van der Waals surface area contributed by atoms with E-state index in [0.717, 1.165) is 54.9 Å². The van der Waals surface area contributed by atoms with Gasteiger partial charge in [-0.25, -0.2) is 0 Å². The number of hydrogen-bond donors (Lipinski definition) is 1. The van der Waals surface area contributed by atoms with Crippen molar-refractivity contribution in [3.8, 4) is 0 Å². The zero-order valence-corrected chi connectivity index (χ0v) is 18.1. The van der Waals surface area contributed by atoms with Gasteiger partial charge < -0.3 is 5.11 Å². The van der Waals surface area contributed by atoms with Gasteiger partial charge in [0.25, 0.3) is 0 Å². The second kappa shape index (κ2) is 6.82. The number of fused-ring (bicyclic) bond motifs is 5. The SMILES string of the molecule is CC(Cn1ccnn1)[C@H]1CCC2[C@@H]3CC[C@H]4C[C@](C)(O)CC[C@@H]4[C@H]3CC[C@@]21C. The van der Waals surface area contributed by atoms with Crippen LogP contribution in [0.2, 0.25) is 0 Å². The van der Waals surface area contributed by atoms with E-state index in [0.29, 0.717) is 11.3 Å². The maximum absolute atomic E-state index is 10.6. The first-order chi connectivity index (χ1) is 13.4. The van der Waals surface area contributed by atoms with Crippen molar-refractivity contribution < 1.29 is 5.11 Å². The Kier molecular flexibility index (Phi) is 4.65. The highest BCUT2D eigenvalue weighted by atomic mass is 16.3. The molecule has 0 bridgehead atoms. The molecule has 0 aliphatic heterocycles. The first-order valence-electron chi connectivity index (χ1n) is 11.9. The van der Waals surface area contributed by atoms with Crippen LogP contribution in [0.25, 0.3) is 0 Å². The van der Waals surface area contributed by atoms with E-state index >= 15 is 0 Å². The van der Waals surface area contributed by atoms with Gasteiger partial charge >= 0.3 is 0 Å². The van der Waals surface area contributed by atoms with Crippen LogP contribution in [0.15, 0.2) is 12.4 Å². The van der Waals surface area contributed by atoms with Crippen LogP contribution in [0.3, 0.4) is 0 Å². The summed E-state index contributed by atoms with van der Waals surface area (Å²) >= 11 is 0. The van der Waals surface area contributed by atoms with Crippen molar-refractivity contribution >= 4 is 0 Å². The highest BCUT2D eigenvalue weighted by Crippen LogP contribution is 2.65. The Labute approximate surface area is 170 Å². The van der Waals surface area contributed by atoms with Crippen molar-refractivity contribution in [3.63, 3.8) is 0 Å². The molecule has 1 aromatic heterocycles. The molecule has 1 aromatic rings. The molecule has 0 spiro atoms. The van der Waals surface area contributed by atoms with Gasteiger partial charge in [-0.2, -0.15) is 0 Å². The van der Waals surface area contributed by atoms with Crippen LogP contribution in [-0.2, 0) is 6.54 Å². The number of aromatic nitrogens is 3. The largest absolute Gasteiger partial charge is 0.390 e. The molecule has 4 fully saturated rings. The van der Waals surface area contributed by atoms with Crippen molar-refractivity contribution in [2.24, 2.45) is 46.8 Å². The number of hydrogen-bond acceptors (Lipinski definition) is 3. The molecule has 28 heavy (non-hydrogen) atoms. The third kappa shape index (κ3) is 3.05. The molecule has 4 aliphatic rings. The van der Waals surface area contributed by atoms with Gasteiger partial charge in [-0.05, 0) is 112 Å². The maximum Gasteiger partial charge on any atom is 0.0692 e. The molecule has 0 amide bonds. The lowest BCUT2D eigenvalue weighted by atomic mass is 9.48. The minimum atomic E-state index is -0.396. The minimum absolute atomic E-state index is 0.396. The topological polar surface area (TPSA) is 50.9 Å². The van der Waals surface area contributed by atoms with Gasteiger partial charge in [-0.3, -0.25) is 4.68 Å². The lowest BCUT2D eigenvalue weighted by molar-refractivity contribution is -0.103. The van der Waals surface area contributed by atoms with Gasteiger partial charge in [0.2, 0.25) is 0 Å². The Morgan fingerprint density at radius 1 is 1.04 bits per heavy atom. The van der Waals surface area contributed by atoms with Crippen LogP contribution in [0.4, 0.5) is 0 Å². The molecule has 5 rings (SSSR count). The first-order valence-corrected chi connectivity index (χ1v) is 11.9. The second-order valence-corrected chi connectivity index (χ2v) is 11.5. The van der Waals surface area contributed by atoms with Gasteiger partial charge in [-0.1, -0.05) is 19.1 Å². The van der Waals surface area contributed by atoms with E-state index in [-0.39, 0.29) is 0 Å². The standard InChI is InChI=1S/C24H39N3O/c1-16(15-27-13-12-25-26-27)21-6-7-22-20-5-4-17-14-23(2,28)10-8-18(17)19(20)9-11-24(21,22)3/h12-13,16-22,28H,4-11,14-15H2,1-3H3/t16?,17-,18-,19+,20+,21+,22?,23+,24+/m0/s1. The van der Waals surface area contributed by atoms with Crippen LogP contribution >= 0.6 is 0 Å². The van der Waals surface area contributed by atoms with E-state index in [2.05, 4.69) is 31.1 Å². The predicted molar refractivity (Wildman–Crippen MR) is 110 cm³/mol. The molecule has 0 aromatic carbocycles. The summed E-state index contributed by atoms with van der Waals surface area (Å²) in [5.41, 5.74) is 0.126. The fourth-order valence-electron chi connectivity index (χ4n) is 8.81. The summed E-state index contributed by atoms with van der Waals surface area (Å²) < 4.78 is 2.03. The van der Waals surface area contributed by atoms with Gasteiger partial charge in [-0.15, -0.1) is 5.10 Å². The van der Waals surface area contributed by atoms with Crippen molar-refractivity contribution in [1.82, 2.24) is 15.0 Å². The molecule has 1 heterocycles. The molecule has 4 nitrogen and oxygen atoms in total. The van der Waals surface area contributed by atoms with Crippen LogP contribution in [-0.4, -0.2) is 25.7 Å². The Morgan fingerprint density at radius 2 is 1.86 bits per heavy atom. The Bertz CT molecular complexity index is 686. The third-order valence-corrected chi connectivity index (χ3v) is 9.94. The van der Waals surface area contributed by atoms with Crippen molar-refractivity contribution in [2.75, 3.05) is 0 Å². The molecule has 0 saturated heterocycles. The van der Waals surface area contributed by atoms with E-state index in [1.165, 1.54) is 44.9 Å². The average molecular weight is 386 g/mol. The number of nitrogens with zero attached hydrogens (tertiary/aromatic N) is 3. The van der Waals surface area contributed by atoms with Gasteiger partial charge in [0.1, 0.15) is 0 Å². The molecular weight excluding hydrogens is 346 g/mol. The summed E-state index contributed by atoms with van der Waals surface area (Å²) in [6.45, 7) is 8.18. The molecule has 1 N–H and O–H groups in total. The van der Waals surface area contributed by atoms with E-state index in [1.807, 2.05) is 10.9 Å². The highest BCUT2D eigenvalue weighted by Gasteiger charge is 2.58. The van der Waals surface area contributed by atoms with Gasteiger partial charge in [0, 0.05) is 12.7 Å². The van der Waals surface area contributed by atoms with Gasteiger partial charge in [0.05, 0.1) is 11.8 Å². The van der Waals surface area contributed by atoms with Crippen molar-refractivity contribution in [2.45, 2.75) is 90.7 Å². The molecule has 156 valence electrons. The molecule has 4 saturated carbocycles. The first kappa shape index (κ1) is 19.1. The fraction of sp³-hybridized carbons (Fsp3) is 0.917. The summed E-state index contributed by atoms with van der Waals surface area (Å²) in [5.74, 6) is 6.01. The zero-order chi connectivity index (χ0) is 19.5. The van der Waals surface area contributed by atoms with Crippen LogP contribution in [0, 0.1) is 46.8 Å². The molecule has 0 radical (unpaired) electrons. The number of aliphatic hydroxyl groups is 1. The van der Waals surface area contributed by atoms with E-state index in [4.69, 9.17) is 0 Å². The van der Waals surface area contributed by atoms with E-state index in [1.54, 1.807) is 6.20 Å². The normalized spacial score (nSPS) is 49.1. The fourth-order valence-corrected chi connectivity index (χ4v) is 8.81. The highest BCUT2D eigenvalue weighted by molar-refractivity contribution is 5.07. The number of rotatable bonds is 3. The Hall–Kier alpha value is -0.900. The lowest BCUT2D eigenvalue weighted by Gasteiger charge is -2.57. The van der Waals surface area contributed by atoms with Crippen LogP contribution in [0.1, 0.15) is 78.6 Å². The summed E-state index contributed by atoms with van der Waals surface area (Å²) in [7, 11) is 0. The molecule has 2 unspecified atom stereocenters. The summed E-state index contributed by atoms with van der Waals surface area (Å²) in [4.78, 5) is 0. The predicted octanol–water partition coefficient (Wildman–Crippen LogP) is 4.93. The third-order valence-electron chi connectivity index (χ3n) is 9.94. The molecule has 4 heteroatoms. The van der Waals surface area contributed by atoms with Crippen molar-refractivity contribution in [1.29, 1.82) is 0 Å². The molecule has 9 atom stereocenters. The minimum Gasteiger partial charge on any atom is -0.390 e. The molecule has 4 aliphatic carbocycles. The summed E-state index contributed by atoms with van der Waals surface area (Å²) in [6, 6.07) is 0. The Balaban J connectivity index is 1.31.